The van der Waals surface area contributed by atoms with Crippen molar-refractivity contribution in [2.24, 2.45) is 5.73 Å². The number of nitrogens with two attached hydrogens (primary N) is 1. The Bertz CT molecular complexity index is 437. The highest BCUT2D eigenvalue weighted by Crippen LogP contribution is 2.30. The van der Waals surface area contributed by atoms with Gasteiger partial charge in [-0.05, 0) is 18.2 Å². The van der Waals surface area contributed by atoms with Crippen molar-refractivity contribution in [3.8, 4) is 11.5 Å². The number of carbonyl (C=O) groups excluding carboxylic acids is 1. The maximum atomic E-state index is 11.9. The Morgan fingerprint density at radius 2 is 2.05 bits per heavy atom. The second kappa shape index (κ2) is 6.96. The number of hydrogen-bond acceptors (Lipinski definition) is 5. The van der Waals surface area contributed by atoms with E-state index >= 15 is 0 Å². The molecule has 0 spiro atoms. The Morgan fingerprint density at radius 3 is 2.84 bits per heavy atom. The maximum absolute atomic E-state index is 11.9. The molecule has 1 aromatic rings. The van der Waals surface area contributed by atoms with Crippen LogP contribution >= 0.6 is 0 Å². The molecule has 1 amide bonds. The third-order valence-electron chi connectivity index (χ3n) is 2.60. The molecule has 1 aromatic carbocycles. The summed E-state index contributed by atoms with van der Waals surface area (Å²) in [5.41, 5.74) is 5.83. The minimum Gasteiger partial charge on any atom is -0.486 e. The molecule has 0 fully saturated rings. The first kappa shape index (κ1) is 13.6. The predicted octanol–water partition coefficient (Wildman–Crippen LogP) is 0.163. The molecule has 104 valence electrons. The number of rotatable bonds is 6. The number of carbonyl (C=O) groups is 1. The fourth-order valence-corrected chi connectivity index (χ4v) is 1.71. The molecule has 2 rings (SSSR count). The number of nitrogens with one attached hydrogen (secondary N) is 1. The molecule has 6 nitrogen and oxygen atoms in total. The number of fused-ring (bicyclic) bond motifs is 1. The molecule has 0 saturated carbocycles. The summed E-state index contributed by atoms with van der Waals surface area (Å²) >= 11 is 0. The first-order valence-electron chi connectivity index (χ1n) is 6.27. The summed E-state index contributed by atoms with van der Waals surface area (Å²) in [5, 5.41) is 2.76. The number of hydrogen-bond donors (Lipinski definition) is 2. The lowest BCUT2D eigenvalue weighted by molar-refractivity contribution is 0.0918. The molecule has 0 atom stereocenters. The van der Waals surface area contributed by atoms with Crippen molar-refractivity contribution in [1.82, 2.24) is 5.32 Å². The summed E-state index contributed by atoms with van der Waals surface area (Å²) in [4.78, 5) is 11.9. The molecule has 1 heterocycles. The summed E-state index contributed by atoms with van der Waals surface area (Å²) in [5.74, 6) is 1.13. The Kier molecular flexibility index (Phi) is 5.00. The van der Waals surface area contributed by atoms with Crippen LogP contribution in [0.25, 0.3) is 0 Å². The zero-order chi connectivity index (χ0) is 13.5. The van der Waals surface area contributed by atoms with Crippen molar-refractivity contribution in [2.75, 3.05) is 39.5 Å². The van der Waals surface area contributed by atoms with Gasteiger partial charge in [0.15, 0.2) is 11.5 Å². The fourth-order valence-electron chi connectivity index (χ4n) is 1.71. The lowest BCUT2D eigenvalue weighted by Crippen LogP contribution is -2.28. The van der Waals surface area contributed by atoms with Crippen LogP contribution in [-0.2, 0) is 4.74 Å². The topological polar surface area (TPSA) is 82.8 Å². The molecular formula is C13H18N2O4. The lowest BCUT2D eigenvalue weighted by atomic mass is 10.2. The van der Waals surface area contributed by atoms with Crippen LogP contribution in [0.3, 0.4) is 0 Å². The largest absolute Gasteiger partial charge is 0.486 e. The Balaban J connectivity index is 1.85. The quantitative estimate of drug-likeness (QED) is 0.717. The smallest absolute Gasteiger partial charge is 0.251 e. The van der Waals surface area contributed by atoms with E-state index in [4.69, 9.17) is 19.9 Å². The first-order chi connectivity index (χ1) is 9.31. The lowest BCUT2D eigenvalue weighted by Gasteiger charge is -2.18. The van der Waals surface area contributed by atoms with Gasteiger partial charge in [-0.15, -0.1) is 0 Å². The summed E-state index contributed by atoms with van der Waals surface area (Å²) in [6.07, 6.45) is 0. The first-order valence-corrected chi connectivity index (χ1v) is 6.27. The van der Waals surface area contributed by atoms with Crippen LogP contribution in [0.2, 0.25) is 0 Å². The minimum atomic E-state index is -0.159. The van der Waals surface area contributed by atoms with Crippen molar-refractivity contribution in [1.29, 1.82) is 0 Å². The Labute approximate surface area is 111 Å². The molecule has 6 heteroatoms. The van der Waals surface area contributed by atoms with Gasteiger partial charge in [-0.1, -0.05) is 0 Å². The molecule has 0 saturated heterocycles. The van der Waals surface area contributed by atoms with Crippen LogP contribution in [0.5, 0.6) is 11.5 Å². The molecule has 19 heavy (non-hydrogen) atoms. The van der Waals surface area contributed by atoms with Crippen LogP contribution in [0.15, 0.2) is 18.2 Å². The van der Waals surface area contributed by atoms with E-state index in [9.17, 15) is 4.79 Å². The van der Waals surface area contributed by atoms with E-state index < -0.39 is 0 Å². The molecule has 0 aromatic heterocycles. The molecule has 3 N–H and O–H groups in total. The Hall–Kier alpha value is -1.79. The maximum Gasteiger partial charge on any atom is 0.251 e. The molecule has 0 aliphatic carbocycles. The van der Waals surface area contributed by atoms with Gasteiger partial charge in [0.25, 0.3) is 5.91 Å². The second-order valence-electron chi connectivity index (χ2n) is 4.02. The molecule has 0 unspecified atom stereocenters. The van der Waals surface area contributed by atoms with Crippen LogP contribution < -0.4 is 20.5 Å². The van der Waals surface area contributed by atoms with Gasteiger partial charge in [0, 0.05) is 18.7 Å². The van der Waals surface area contributed by atoms with Gasteiger partial charge in [-0.25, -0.2) is 0 Å². The molecule has 1 aliphatic rings. The van der Waals surface area contributed by atoms with Crippen LogP contribution in [-0.4, -0.2) is 45.4 Å². The zero-order valence-electron chi connectivity index (χ0n) is 10.7. The van der Waals surface area contributed by atoms with E-state index in [0.29, 0.717) is 56.6 Å². The molecule has 1 aliphatic heterocycles. The van der Waals surface area contributed by atoms with Crippen molar-refractivity contribution in [2.45, 2.75) is 0 Å². The summed E-state index contributed by atoms with van der Waals surface area (Å²) in [6, 6.07) is 5.14. The van der Waals surface area contributed by atoms with Gasteiger partial charge in [0.1, 0.15) is 13.2 Å². The third kappa shape index (κ3) is 3.84. The summed E-state index contributed by atoms with van der Waals surface area (Å²) in [7, 11) is 0. The standard InChI is InChI=1S/C13H18N2O4/c14-3-5-17-6-4-15-13(16)10-1-2-11-12(9-10)19-8-7-18-11/h1-2,9H,3-8,14H2,(H,15,16). The van der Waals surface area contributed by atoms with E-state index in [2.05, 4.69) is 5.32 Å². The van der Waals surface area contributed by atoms with E-state index in [0.717, 1.165) is 0 Å². The highest BCUT2D eigenvalue weighted by Gasteiger charge is 2.14. The Morgan fingerprint density at radius 1 is 1.26 bits per heavy atom. The number of ether oxygens (including phenoxy) is 3. The van der Waals surface area contributed by atoms with Crippen molar-refractivity contribution in [3.05, 3.63) is 23.8 Å². The third-order valence-corrected chi connectivity index (χ3v) is 2.60. The second-order valence-corrected chi connectivity index (χ2v) is 4.02. The van der Waals surface area contributed by atoms with Gasteiger partial charge in [0.2, 0.25) is 0 Å². The van der Waals surface area contributed by atoms with Gasteiger partial charge in [0.05, 0.1) is 13.2 Å². The van der Waals surface area contributed by atoms with Gasteiger partial charge >= 0.3 is 0 Å². The van der Waals surface area contributed by atoms with Crippen LogP contribution in [0.1, 0.15) is 10.4 Å². The van der Waals surface area contributed by atoms with E-state index in [1.54, 1.807) is 18.2 Å². The predicted molar refractivity (Wildman–Crippen MR) is 69.6 cm³/mol. The summed E-state index contributed by atoms with van der Waals surface area (Å²) in [6.45, 7) is 2.93. The van der Waals surface area contributed by atoms with E-state index in [1.165, 1.54) is 0 Å². The number of benzene rings is 1. The van der Waals surface area contributed by atoms with E-state index in [1.807, 2.05) is 0 Å². The monoisotopic (exact) mass is 266 g/mol. The highest BCUT2D eigenvalue weighted by atomic mass is 16.6. The SMILES string of the molecule is NCCOCCNC(=O)c1ccc2c(c1)OCCO2. The fraction of sp³-hybridized carbons (Fsp3) is 0.462. The van der Waals surface area contributed by atoms with Crippen molar-refractivity contribution in [3.63, 3.8) is 0 Å². The van der Waals surface area contributed by atoms with Gasteiger partial charge < -0.3 is 25.3 Å². The van der Waals surface area contributed by atoms with Gasteiger partial charge in [-0.3, -0.25) is 4.79 Å². The molecule has 0 radical (unpaired) electrons. The van der Waals surface area contributed by atoms with Crippen molar-refractivity contribution >= 4 is 5.91 Å². The van der Waals surface area contributed by atoms with E-state index in [-0.39, 0.29) is 5.91 Å². The average molecular weight is 266 g/mol. The van der Waals surface area contributed by atoms with Crippen molar-refractivity contribution < 1.29 is 19.0 Å². The van der Waals surface area contributed by atoms with Gasteiger partial charge in [-0.2, -0.15) is 0 Å². The average Bonchev–Trinajstić information content (AvgIpc) is 2.46. The molecule has 0 bridgehead atoms. The minimum absolute atomic E-state index is 0.159. The van der Waals surface area contributed by atoms with Crippen LogP contribution in [0, 0.1) is 0 Å². The number of amides is 1. The zero-order valence-corrected chi connectivity index (χ0v) is 10.7. The normalized spacial score (nSPS) is 13.1. The highest BCUT2D eigenvalue weighted by molar-refractivity contribution is 5.94. The summed E-state index contributed by atoms with van der Waals surface area (Å²) < 4.78 is 16.0. The van der Waals surface area contributed by atoms with Crippen LogP contribution in [0.4, 0.5) is 0 Å². The molecular weight excluding hydrogens is 248 g/mol.